The minimum absolute atomic E-state index is 0.406. The first-order chi connectivity index (χ1) is 18.3. The minimum atomic E-state index is -6.04. The summed E-state index contributed by atoms with van der Waals surface area (Å²) in [6, 6.07) is 4.44. The Labute approximate surface area is 228 Å². The SMILES string of the molecule is O=P(O)(O)OP(=O)(O)OP(=O)(O)Oc1cc(S(=O)(=O)O)c2ccc3c(S(=O)(=O)O)cc(S(=O)(=O)O)c4ccc1c2c43. The number of rotatable bonds is 9. The summed E-state index contributed by atoms with van der Waals surface area (Å²) in [5.74, 6) is -1.06. The molecule has 4 aromatic carbocycles. The average molecular weight is 698 g/mol. The molecule has 4 rings (SSSR count). The monoisotopic (exact) mass is 698 g/mol. The van der Waals surface area contributed by atoms with Crippen LogP contribution >= 0.6 is 23.5 Å². The number of phosphoric ester groups is 1. The predicted molar refractivity (Wildman–Crippen MR) is 134 cm³/mol. The topological polar surface area (TPSA) is 323 Å². The van der Waals surface area contributed by atoms with Crippen molar-refractivity contribution in [3.63, 3.8) is 0 Å². The second-order valence-corrected chi connectivity index (χ2v) is 16.4. The maximum Gasteiger partial charge on any atom is 0.536 e. The fourth-order valence-corrected chi connectivity index (χ4v) is 9.25. The zero-order valence-corrected chi connectivity index (χ0v) is 24.2. The van der Waals surface area contributed by atoms with Gasteiger partial charge in [0.25, 0.3) is 30.4 Å². The predicted octanol–water partition coefficient (Wildman–Crippen LogP) is 2.03. The molecular weight excluding hydrogens is 685 g/mol. The van der Waals surface area contributed by atoms with Crippen molar-refractivity contribution in [1.82, 2.24) is 0 Å². The molecule has 0 saturated carbocycles. The Hall–Kier alpha value is -2.10. The van der Waals surface area contributed by atoms with Gasteiger partial charge in [-0.1, -0.05) is 18.2 Å². The zero-order chi connectivity index (χ0) is 31.1. The van der Waals surface area contributed by atoms with Crippen LogP contribution in [0.3, 0.4) is 0 Å². The van der Waals surface area contributed by atoms with Crippen LogP contribution in [0.2, 0.25) is 0 Å². The van der Waals surface area contributed by atoms with Crippen LogP contribution < -0.4 is 4.52 Å². The average Bonchev–Trinajstić information content (AvgIpc) is 2.72. The summed E-state index contributed by atoms with van der Waals surface area (Å²) < 4.78 is 149. The van der Waals surface area contributed by atoms with E-state index in [9.17, 15) is 62.4 Å². The molecule has 0 aromatic heterocycles. The molecule has 0 fully saturated rings. The van der Waals surface area contributed by atoms with Gasteiger partial charge >= 0.3 is 23.5 Å². The lowest BCUT2D eigenvalue weighted by molar-refractivity contribution is 0.207. The van der Waals surface area contributed by atoms with Gasteiger partial charge in [-0.2, -0.15) is 33.9 Å². The van der Waals surface area contributed by atoms with E-state index in [2.05, 4.69) is 13.1 Å². The molecule has 0 radical (unpaired) electrons. The van der Waals surface area contributed by atoms with Crippen LogP contribution in [0.4, 0.5) is 0 Å². The zero-order valence-electron chi connectivity index (χ0n) is 19.1. The Morgan fingerprint density at radius 3 is 1.29 bits per heavy atom. The third-order valence-corrected chi connectivity index (χ3v) is 11.6. The van der Waals surface area contributed by atoms with E-state index in [-0.39, 0.29) is 0 Å². The Kier molecular flexibility index (Phi) is 7.54. The molecule has 0 spiro atoms. The summed E-state index contributed by atoms with van der Waals surface area (Å²) >= 11 is 0. The van der Waals surface area contributed by atoms with Gasteiger partial charge in [0.15, 0.2) is 0 Å². The van der Waals surface area contributed by atoms with Gasteiger partial charge in [-0.3, -0.25) is 18.6 Å². The van der Waals surface area contributed by atoms with Gasteiger partial charge in [0.2, 0.25) is 0 Å². The van der Waals surface area contributed by atoms with Crippen LogP contribution in [0.25, 0.3) is 32.3 Å². The van der Waals surface area contributed by atoms with Crippen molar-refractivity contribution < 1.29 is 85.3 Å². The van der Waals surface area contributed by atoms with E-state index in [1.807, 2.05) is 0 Å². The highest BCUT2D eigenvalue weighted by Crippen LogP contribution is 2.66. The Morgan fingerprint density at radius 2 is 0.902 bits per heavy atom. The molecule has 0 aliphatic heterocycles. The lowest BCUT2D eigenvalue weighted by Crippen LogP contribution is -2.07. The second kappa shape index (κ2) is 9.71. The maximum atomic E-state index is 12.5. The lowest BCUT2D eigenvalue weighted by atomic mass is 9.94. The van der Waals surface area contributed by atoms with Gasteiger partial charge in [0.1, 0.15) is 20.4 Å². The first-order valence-electron chi connectivity index (χ1n) is 9.85. The molecule has 4 aromatic rings. The van der Waals surface area contributed by atoms with Crippen LogP contribution in [-0.2, 0) is 52.7 Å². The van der Waals surface area contributed by atoms with Crippen molar-refractivity contribution in [2.24, 2.45) is 0 Å². The molecule has 0 bridgehead atoms. The highest BCUT2D eigenvalue weighted by molar-refractivity contribution is 7.87. The highest BCUT2D eigenvalue weighted by atomic mass is 32.2. The van der Waals surface area contributed by atoms with Crippen molar-refractivity contribution >= 4 is 86.1 Å². The summed E-state index contributed by atoms with van der Waals surface area (Å²) in [5, 5.41) is -2.88. The van der Waals surface area contributed by atoms with Crippen molar-refractivity contribution in [3.8, 4) is 5.75 Å². The van der Waals surface area contributed by atoms with Gasteiger partial charge in [0, 0.05) is 38.4 Å². The molecule has 0 aliphatic carbocycles. The van der Waals surface area contributed by atoms with E-state index < -0.39 is 107 Å². The van der Waals surface area contributed by atoms with Crippen LogP contribution in [0.5, 0.6) is 5.75 Å². The molecule has 25 heteroatoms. The van der Waals surface area contributed by atoms with Crippen molar-refractivity contribution in [2.75, 3.05) is 0 Å². The molecule has 41 heavy (non-hydrogen) atoms. The second-order valence-electron chi connectivity index (χ2n) is 7.92. The first kappa shape index (κ1) is 31.8. The third-order valence-electron chi connectivity index (χ3n) is 5.21. The van der Waals surface area contributed by atoms with Gasteiger partial charge in [-0.05, 0) is 12.1 Å². The number of hydrogen-bond donors (Lipinski definition) is 7. The van der Waals surface area contributed by atoms with E-state index in [0.29, 0.717) is 12.1 Å². The molecule has 0 aliphatic rings. The minimum Gasteiger partial charge on any atom is -0.403 e. The molecule has 0 amide bonds. The van der Waals surface area contributed by atoms with E-state index >= 15 is 0 Å². The Bertz CT molecular complexity index is 2190. The quantitative estimate of drug-likeness (QED) is 0.0746. The molecule has 7 N–H and O–H groups in total. The Morgan fingerprint density at radius 1 is 0.537 bits per heavy atom. The van der Waals surface area contributed by atoms with E-state index in [4.69, 9.17) is 9.79 Å². The van der Waals surface area contributed by atoms with E-state index in [1.165, 1.54) is 0 Å². The third kappa shape index (κ3) is 6.47. The lowest BCUT2D eigenvalue weighted by Gasteiger charge is -2.20. The fraction of sp³-hybridized carbons (Fsp3) is 0. The van der Waals surface area contributed by atoms with Crippen LogP contribution in [-0.4, -0.2) is 58.5 Å². The molecule has 19 nitrogen and oxygen atoms in total. The molecule has 2 atom stereocenters. The summed E-state index contributed by atoms with van der Waals surface area (Å²) in [6.07, 6.45) is 0. The summed E-state index contributed by atoms with van der Waals surface area (Å²) in [7, 11) is -33.6. The highest BCUT2D eigenvalue weighted by Gasteiger charge is 2.42. The summed E-state index contributed by atoms with van der Waals surface area (Å²) in [5.41, 5.74) is 0. The number of benzene rings is 4. The normalized spacial score (nSPS) is 16.7. The fourth-order valence-electron chi connectivity index (χ4n) is 4.00. The van der Waals surface area contributed by atoms with E-state index in [1.54, 1.807) is 0 Å². The maximum absolute atomic E-state index is 12.5. The van der Waals surface area contributed by atoms with Crippen LogP contribution in [0, 0.1) is 0 Å². The van der Waals surface area contributed by atoms with Gasteiger partial charge in [-0.25, -0.2) is 13.7 Å². The summed E-state index contributed by atoms with van der Waals surface area (Å²) in [6.45, 7) is 0. The number of phosphoric acid groups is 3. The molecule has 0 heterocycles. The standard InChI is InChI=1S/C16H13O19P3S3/c17-36(18,19)34-38(22,23)35-37(20,21)33-11-5-12(39(24,25)26)8-3-4-10-14(41(30,31)32)6-13(40(27,28)29)9-2-1-7(11)15(8)16(9)10/h1-6H,(H,20,21)(H,22,23)(H2,17,18,19)(H,24,25,26)(H,27,28,29)(H,30,31,32). The van der Waals surface area contributed by atoms with E-state index in [0.717, 1.165) is 24.3 Å². The first-order valence-corrected chi connectivity index (χ1v) is 18.7. The van der Waals surface area contributed by atoms with Crippen molar-refractivity contribution in [3.05, 3.63) is 36.4 Å². The molecule has 224 valence electrons. The molecule has 2 unspecified atom stereocenters. The molecule has 0 saturated heterocycles. The van der Waals surface area contributed by atoms with Gasteiger partial charge < -0.3 is 19.2 Å². The summed E-state index contributed by atoms with van der Waals surface area (Å²) in [4.78, 5) is 33.5. The Balaban J connectivity index is 2.14. The van der Waals surface area contributed by atoms with Crippen molar-refractivity contribution in [2.45, 2.75) is 14.7 Å². The van der Waals surface area contributed by atoms with Crippen LogP contribution in [0.1, 0.15) is 0 Å². The van der Waals surface area contributed by atoms with Crippen LogP contribution in [0.15, 0.2) is 51.1 Å². The van der Waals surface area contributed by atoms with Gasteiger partial charge in [-0.15, -0.1) is 0 Å². The van der Waals surface area contributed by atoms with Crippen molar-refractivity contribution in [1.29, 1.82) is 0 Å². The molecular formula is C16H13O19P3S3. The number of hydrogen-bond acceptors (Lipinski definition) is 12. The largest absolute Gasteiger partial charge is 0.536 e. The van der Waals surface area contributed by atoms with Gasteiger partial charge in [0.05, 0.1) is 0 Å². The smallest absolute Gasteiger partial charge is 0.403 e.